The fraction of sp³-hybridized carbons (Fsp3) is 0.500. The minimum atomic E-state index is 0.176. The molecular formula is C14H19NO2. The molecule has 1 heterocycles. The second-order valence-electron chi connectivity index (χ2n) is 4.50. The molecule has 2 N–H and O–H groups in total. The Hall–Kier alpha value is -1.19. The highest BCUT2D eigenvalue weighted by Gasteiger charge is 2.21. The zero-order valence-electron chi connectivity index (χ0n) is 10.0. The SMILES string of the molecule is NCc1ccccc1CC(=O)C1CCOCC1. The van der Waals surface area contributed by atoms with Gasteiger partial charge in [0.15, 0.2) is 0 Å². The molecule has 3 heteroatoms. The normalized spacial score (nSPS) is 17.0. The predicted octanol–water partition coefficient (Wildman–Crippen LogP) is 1.68. The van der Waals surface area contributed by atoms with Gasteiger partial charge in [-0.05, 0) is 24.0 Å². The first-order valence-electron chi connectivity index (χ1n) is 6.18. The van der Waals surface area contributed by atoms with Crippen LogP contribution in [0.1, 0.15) is 24.0 Å². The number of Topliss-reactive ketones (excluding diaryl/α,β-unsaturated/α-hetero) is 1. The summed E-state index contributed by atoms with van der Waals surface area (Å²) in [4.78, 5) is 12.1. The maximum absolute atomic E-state index is 12.1. The Morgan fingerprint density at radius 2 is 1.88 bits per heavy atom. The van der Waals surface area contributed by atoms with Crippen molar-refractivity contribution in [2.24, 2.45) is 11.7 Å². The Labute approximate surface area is 102 Å². The van der Waals surface area contributed by atoms with Gasteiger partial charge in [-0.2, -0.15) is 0 Å². The predicted molar refractivity (Wildman–Crippen MR) is 66.6 cm³/mol. The highest BCUT2D eigenvalue weighted by Crippen LogP contribution is 2.19. The smallest absolute Gasteiger partial charge is 0.140 e. The molecule has 0 radical (unpaired) electrons. The molecule has 1 saturated heterocycles. The molecule has 0 amide bonds. The molecular weight excluding hydrogens is 214 g/mol. The lowest BCUT2D eigenvalue weighted by molar-refractivity contribution is -0.125. The van der Waals surface area contributed by atoms with Crippen molar-refractivity contribution in [1.82, 2.24) is 0 Å². The van der Waals surface area contributed by atoms with Crippen molar-refractivity contribution >= 4 is 5.78 Å². The number of hydrogen-bond acceptors (Lipinski definition) is 3. The molecule has 3 nitrogen and oxygen atoms in total. The summed E-state index contributed by atoms with van der Waals surface area (Å²) in [6, 6.07) is 7.92. The first-order valence-corrected chi connectivity index (χ1v) is 6.18. The first-order chi connectivity index (χ1) is 8.31. The average Bonchev–Trinajstić information content (AvgIpc) is 2.40. The summed E-state index contributed by atoms with van der Waals surface area (Å²) in [6.45, 7) is 1.93. The summed E-state index contributed by atoms with van der Waals surface area (Å²) in [5, 5.41) is 0. The summed E-state index contributed by atoms with van der Waals surface area (Å²) in [7, 11) is 0. The molecule has 0 atom stereocenters. The molecule has 0 aromatic heterocycles. The minimum absolute atomic E-state index is 0.176. The number of hydrogen-bond donors (Lipinski definition) is 1. The summed E-state index contributed by atoms with van der Waals surface area (Å²) in [5.74, 6) is 0.504. The number of ketones is 1. The zero-order valence-corrected chi connectivity index (χ0v) is 10.0. The second kappa shape index (κ2) is 5.94. The van der Waals surface area contributed by atoms with Gasteiger partial charge >= 0.3 is 0 Å². The molecule has 0 spiro atoms. The minimum Gasteiger partial charge on any atom is -0.381 e. The van der Waals surface area contributed by atoms with Gasteiger partial charge in [0.1, 0.15) is 5.78 Å². The number of nitrogens with two attached hydrogens (primary N) is 1. The molecule has 0 unspecified atom stereocenters. The molecule has 1 aromatic rings. The van der Waals surface area contributed by atoms with Gasteiger partial charge in [0.25, 0.3) is 0 Å². The van der Waals surface area contributed by atoms with Crippen molar-refractivity contribution < 1.29 is 9.53 Å². The van der Waals surface area contributed by atoms with Gasteiger partial charge in [-0.25, -0.2) is 0 Å². The van der Waals surface area contributed by atoms with Crippen LogP contribution in [0.3, 0.4) is 0 Å². The van der Waals surface area contributed by atoms with E-state index in [0.717, 1.165) is 37.2 Å². The molecule has 1 aliphatic heterocycles. The standard InChI is InChI=1S/C14H19NO2/c15-10-13-4-2-1-3-12(13)9-14(16)11-5-7-17-8-6-11/h1-4,11H,5-10,15H2. The zero-order chi connectivity index (χ0) is 12.1. The van der Waals surface area contributed by atoms with E-state index in [0.29, 0.717) is 18.7 Å². The third kappa shape index (κ3) is 3.14. The summed E-state index contributed by atoms with van der Waals surface area (Å²) in [5.41, 5.74) is 7.83. The Bertz CT molecular complexity index is 384. The quantitative estimate of drug-likeness (QED) is 0.861. The van der Waals surface area contributed by atoms with Crippen LogP contribution in [0.4, 0.5) is 0 Å². The van der Waals surface area contributed by atoms with Crippen LogP contribution < -0.4 is 5.73 Å². The van der Waals surface area contributed by atoms with E-state index in [9.17, 15) is 4.79 Å². The lowest BCUT2D eigenvalue weighted by atomic mass is 9.90. The average molecular weight is 233 g/mol. The molecule has 0 saturated carbocycles. The van der Waals surface area contributed by atoms with Crippen LogP contribution in [0.5, 0.6) is 0 Å². The van der Waals surface area contributed by atoms with Gasteiger partial charge in [-0.3, -0.25) is 4.79 Å². The first kappa shape index (κ1) is 12.3. The van der Waals surface area contributed by atoms with Crippen molar-refractivity contribution in [2.75, 3.05) is 13.2 Å². The summed E-state index contributed by atoms with van der Waals surface area (Å²) in [6.07, 6.45) is 2.24. The van der Waals surface area contributed by atoms with E-state index in [4.69, 9.17) is 10.5 Å². The second-order valence-corrected chi connectivity index (χ2v) is 4.50. The maximum Gasteiger partial charge on any atom is 0.140 e. The summed E-state index contributed by atoms with van der Waals surface area (Å²) >= 11 is 0. The molecule has 17 heavy (non-hydrogen) atoms. The van der Waals surface area contributed by atoms with Gasteiger partial charge in [0.2, 0.25) is 0 Å². The van der Waals surface area contributed by atoms with E-state index in [1.165, 1.54) is 0 Å². The van der Waals surface area contributed by atoms with Crippen LogP contribution >= 0.6 is 0 Å². The number of ether oxygens (including phenoxy) is 1. The highest BCUT2D eigenvalue weighted by atomic mass is 16.5. The summed E-state index contributed by atoms with van der Waals surface area (Å²) < 4.78 is 5.27. The molecule has 0 bridgehead atoms. The van der Waals surface area contributed by atoms with Crippen molar-refractivity contribution in [3.05, 3.63) is 35.4 Å². The molecule has 2 rings (SSSR count). The van der Waals surface area contributed by atoms with Crippen LogP contribution in [0.25, 0.3) is 0 Å². The third-order valence-corrected chi connectivity index (χ3v) is 3.38. The Morgan fingerprint density at radius 1 is 1.24 bits per heavy atom. The third-order valence-electron chi connectivity index (χ3n) is 3.38. The van der Waals surface area contributed by atoms with Gasteiger partial charge in [0, 0.05) is 32.1 Å². The van der Waals surface area contributed by atoms with Crippen LogP contribution in [-0.2, 0) is 22.5 Å². The number of benzene rings is 1. The fourth-order valence-corrected chi connectivity index (χ4v) is 2.28. The van der Waals surface area contributed by atoms with E-state index in [1.807, 2.05) is 24.3 Å². The molecule has 92 valence electrons. The Balaban J connectivity index is 2.01. The van der Waals surface area contributed by atoms with Crippen molar-refractivity contribution in [3.63, 3.8) is 0 Å². The van der Waals surface area contributed by atoms with Gasteiger partial charge in [0.05, 0.1) is 0 Å². The molecule has 0 aliphatic carbocycles. The van der Waals surface area contributed by atoms with E-state index < -0.39 is 0 Å². The Morgan fingerprint density at radius 3 is 2.53 bits per heavy atom. The van der Waals surface area contributed by atoms with E-state index in [1.54, 1.807) is 0 Å². The van der Waals surface area contributed by atoms with Crippen molar-refractivity contribution in [2.45, 2.75) is 25.8 Å². The molecule has 1 aliphatic rings. The van der Waals surface area contributed by atoms with Gasteiger partial charge < -0.3 is 10.5 Å². The van der Waals surface area contributed by atoms with Crippen LogP contribution in [-0.4, -0.2) is 19.0 Å². The maximum atomic E-state index is 12.1. The number of carbonyl (C=O) groups excluding carboxylic acids is 1. The number of carbonyl (C=O) groups is 1. The number of rotatable bonds is 4. The van der Waals surface area contributed by atoms with E-state index >= 15 is 0 Å². The van der Waals surface area contributed by atoms with Crippen molar-refractivity contribution in [3.8, 4) is 0 Å². The van der Waals surface area contributed by atoms with E-state index in [2.05, 4.69) is 0 Å². The molecule has 1 aromatic carbocycles. The Kier molecular flexibility index (Phi) is 4.29. The topological polar surface area (TPSA) is 52.3 Å². The lowest BCUT2D eigenvalue weighted by Gasteiger charge is -2.21. The monoisotopic (exact) mass is 233 g/mol. The van der Waals surface area contributed by atoms with Crippen LogP contribution in [0.15, 0.2) is 24.3 Å². The molecule has 1 fully saturated rings. The van der Waals surface area contributed by atoms with Crippen LogP contribution in [0.2, 0.25) is 0 Å². The van der Waals surface area contributed by atoms with E-state index in [-0.39, 0.29) is 5.92 Å². The van der Waals surface area contributed by atoms with Crippen molar-refractivity contribution in [1.29, 1.82) is 0 Å². The lowest BCUT2D eigenvalue weighted by Crippen LogP contribution is -2.25. The van der Waals surface area contributed by atoms with Crippen LogP contribution in [0, 0.1) is 5.92 Å². The largest absolute Gasteiger partial charge is 0.381 e. The highest BCUT2D eigenvalue weighted by molar-refractivity contribution is 5.83. The van der Waals surface area contributed by atoms with Gasteiger partial charge in [-0.1, -0.05) is 24.3 Å². The van der Waals surface area contributed by atoms with Gasteiger partial charge in [-0.15, -0.1) is 0 Å². The fourth-order valence-electron chi connectivity index (χ4n) is 2.28.